The van der Waals surface area contributed by atoms with Crippen LogP contribution in [-0.2, 0) is 10.0 Å². The van der Waals surface area contributed by atoms with E-state index in [-0.39, 0.29) is 21.8 Å². The molecule has 0 aliphatic heterocycles. The number of aromatic nitrogens is 3. The minimum atomic E-state index is -3.77. The van der Waals surface area contributed by atoms with Crippen LogP contribution in [0.3, 0.4) is 0 Å². The summed E-state index contributed by atoms with van der Waals surface area (Å²) in [5.74, 6) is -0.644. The van der Waals surface area contributed by atoms with E-state index < -0.39 is 10.0 Å². The molecule has 0 saturated carbocycles. The Hall–Kier alpha value is -3.61. The summed E-state index contributed by atoms with van der Waals surface area (Å²) in [7, 11) is -3.77. The fraction of sp³-hybridized carbons (Fsp3) is 0.0455. The molecule has 0 radical (unpaired) electrons. The summed E-state index contributed by atoms with van der Waals surface area (Å²) in [5.41, 5.74) is 2.63. The van der Waals surface area contributed by atoms with Crippen LogP contribution in [0.2, 0.25) is 0 Å². The Balaban J connectivity index is 1.33. The fourth-order valence-electron chi connectivity index (χ4n) is 3.27. The number of thiazole rings is 2. The molecule has 0 atom stereocenters. The van der Waals surface area contributed by atoms with Crippen LogP contribution in [0.5, 0.6) is 0 Å². The number of imidazole rings is 1. The first-order chi connectivity index (χ1) is 16.3. The van der Waals surface area contributed by atoms with Gasteiger partial charge in [-0.25, -0.2) is 22.8 Å². The van der Waals surface area contributed by atoms with Crippen molar-refractivity contribution in [3.63, 3.8) is 0 Å². The molecule has 0 aliphatic rings. The number of halogens is 1. The minimum Gasteiger partial charge on any atom is -0.321 e. The van der Waals surface area contributed by atoms with E-state index in [4.69, 9.17) is 0 Å². The Kier molecular flexibility index (Phi) is 5.63. The van der Waals surface area contributed by atoms with E-state index in [1.165, 1.54) is 65.3 Å². The van der Waals surface area contributed by atoms with Gasteiger partial charge in [-0.05, 0) is 55.5 Å². The number of anilines is 2. The van der Waals surface area contributed by atoms with E-state index in [0.717, 1.165) is 5.56 Å². The average molecular weight is 514 g/mol. The highest BCUT2D eigenvalue weighted by Crippen LogP contribution is 2.28. The van der Waals surface area contributed by atoms with Crippen LogP contribution in [0.1, 0.15) is 15.4 Å². The maximum atomic E-state index is 13.2. The third kappa shape index (κ3) is 4.30. The zero-order chi connectivity index (χ0) is 23.9. The van der Waals surface area contributed by atoms with Gasteiger partial charge in [0.1, 0.15) is 10.7 Å². The number of nitrogens with one attached hydrogen (secondary N) is 2. The van der Waals surface area contributed by atoms with Crippen molar-refractivity contribution in [2.75, 3.05) is 10.0 Å². The Morgan fingerprint density at radius 2 is 1.82 bits per heavy atom. The van der Waals surface area contributed by atoms with Crippen LogP contribution < -0.4 is 10.0 Å². The molecule has 0 bridgehead atoms. The molecule has 34 heavy (non-hydrogen) atoms. The molecule has 8 nitrogen and oxygen atoms in total. The summed E-state index contributed by atoms with van der Waals surface area (Å²) in [4.78, 5) is 22.5. The zero-order valence-corrected chi connectivity index (χ0v) is 20.0. The molecule has 12 heteroatoms. The number of hydrogen-bond acceptors (Lipinski definition) is 7. The summed E-state index contributed by atoms with van der Waals surface area (Å²) in [5, 5.41) is 4.74. The van der Waals surface area contributed by atoms with Gasteiger partial charge in [0.2, 0.25) is 0 Å². The Bertz CT molecular complexity index is 1590. The van der Waals surface area contributed by atoms with Crippen molar-refractivity contribution in [2.24, 2.45) is 0 Å². The van der Waals surface area contributed by atoms with E-state index in [2.05, 4.69) is 20.0 Å². The van der Waals surface area contributed by atoms with Gasteiger partial charge in [0.05, 0.1) is 10.6 Å². The number of benzene rings is 2. The van der Waals surface area contributed by atoms with Crippen molar-refractivity contribution in [1.29, 1.82) is 0 Å². The van der Waals surface area contributed by atoms with Crippen LogP contribution in [-0.4, -0.2) is 28.7 Å². The predicted molar refractivity (Wildman–Crippen MR) is 131 cm³/mol. The Morgan fingerprint density at radius 3 is 2.47 bits per heavy atom. The number of amides is 1. The van der Waals surface area contributed by atoms with E-state index in [0.29, 0.717) is 26.9 Å². The number of nitrogens with zero attached hydrogens (tertiary/aromatic N) is 3. The standard InChI is InChI=1S/C22H16FN5O3S3/c1-13-19(33-22-26-18(12-28(13)22)14-2-4-15(23)5-3-14)20(29)25-16-6-8-17(9-7-16)34(30,31)27-21-24-10-11-32-21/h2-12H,1H3,(H,24,27)(H,25,29). The molecule has 3 heterocycles. The maximum Gasteiger partial charge on any atom is 0.267 e. The SMILES string of the molecule is Cc1c(C(=O)Nc2ccc(S(=O)(=O)Nc3nccs3)cc2)sc2nc(-c3ccc(F)cc3)cn12. The lowest BCUT2D eigenvalue weighted by Crippen LogP contribution is -2.14. The number of carbonyl (C=O) groups excluding carboxylic acids is 1. The van der Waals surface area contributed by atoms with Gasteiger partial charge in [0.25, 0.3) is 15.9 Å². The molecule has 5 rings (SSSR count). The van der Waals surface area contributed by atoms with Gasteiger partial charge in [-0.15, -0.1) is 11.3 Å². The first kappa shape index (κ1) is 22.2. The summed E-state index contributed by atoms with van der Waals surface area (Å²) < 4.78 is 42.3. The normalized spacial score (nSPS) is 11.6. The van der Waals surface area contributed by atoms with Crippen molar-refractivity contribution in [3.05, 3.63) is 82.7 Å². The number of fused-ring (bicyclic) bond motifs is 1. The van der Waals surface area contributed by atoms with Gasteiger partial charge in [0, 0.05) is 34.7 Å². The number of carbonyl (C=O) groups is 1. The van der Waals surface area contributed by atoms with Gasteiger partial charge in [-0.1, -0.05) is 11.3 Å². The highest BCUT2D eigenvalue weighted by atomic mass is 32.2. The van der Waals surface area contributed by atoms with Crippen molar-refractivity contribution < 1.29 is 17.6 Å². The monoisotopic (exact) mass is 513 g/mol. The predicted octanol–water partition coefficient (Wildman–Crippen LogP) is 5.02. The summed E-state index contributed by atoms with van der Waals surface area (Å²) >= 11 is 2.41. The fourth-order valence-corrected chi connectivity index (χ4v) is 6.07. The molecule has 1 amide bonds. The van der Waals surface area contributed by atoms with Crippen LogP contribution >= 0.6 is 22.7 Å². The van der Waals surface area contributed by atoms with Gasteiger partial charge in [-0.2, -0.15) is 0 Å². The third-order valence-electron chi connectivity index (χ3n) is 4.98. The second-order valence-electron chi connectivity index (χ2n) is 7.22. The van der Waals surface area contributed by atoms with Crippen LogP contribution in [0, 0.1) is 12.7 Å². The minimum absolute atomic E-state index is 0.0554. The molecular weight excluding hydrogens is 497 g/mol. The molecular formula is C22H16FN5O3S3. The molecule has 0 saturated heterocycles. The van der Waals surface area contributed by atoms with Crippen molar-refractivity contribution >= 4 is 54.4 Å². The lowest BCUT2D eigenvalue weighted by Gasteiger charge is -2.08. The molecule has 3 aromatic heterocycles. The van der Waals surface area contributed by atoms with Gasteiger partial charge in [0.15, 0.2) is 10.1 Å². The summed E-state index contributed by atoms with van der Waals surface area (Å²) in [6, 6.07) is 11.9. The lowest BCUT2D eigenvalue weighted by molar-refractivity contribution is 0.102. The average Bonchev–Trinajstić information content (AvgIpc) is 3.53. The van der Waals surface area contributed by atoms with Crippen LogP contribution in [0.4, 0.5) is 15.2 Å². The van der Waals surface area contributed by atoms with Crippen molar-refractivity contribution in [3.8, 4) is 11.3 Å². The Morgan fingerprint density at radius 1 is 1.09 bits per heavy atom. The van der Waals surface area contributed by atoms with Crippen molar-refractivity contribution in [1.82, 2.24) is 14.4 Å². The number of hydrogen-bond donors (Lipinski definition) is 2. The molecule has 0 spiro atoms. The number of rotatable bonds is 6. The van der Waals surface area contributed by atoms with Gasteiger partial charge in [-0.3, -0.25) is 13.9 Å². The molecule has 172 valence electrons. The third-order valence-corrected chi connectivity index (χ3v) is 8.31. The highest BCUT2D eigenvalue weighted by molar-refractivity contribution is 7.93. The van der Waals surface area contributed by atoms with Gasteiger partial charge < -0.3 is 5.32 Å². The lowest BCUT2D eigenvalue weighted by atomic mass is 10.2. The van der Waals surface area contributed by atoms with Gasteiger partial charge >= 0.3 is 0 Å². The number of aryl methyl sites for hydroxylation is 1. The quantitative estimate of drug-likeness (QED) is 0.332. The molecule has 0 fully saturated rings. The molecule has 5 aromatic rings. The molecule has 0 aliphatic carbocycles. The van der Waals surface area contributed by atoms with Crippen LogP contribution in [0.15, 0.2) is 71.2 Å². The summed E-state index contributed by atoms with van der Waals surface area (Å²) in [6.45, 7) is 1.81. The second-order valence-corrected chi connectivity index (χ2v) is 10.8. The largest absolute Gasteiger partial charge is 0.321 e. The van der Waals surface area contributed by atoms with E-state index >= 15 is 0 Å². The zero-order valence-electron chi connectivity index (χ0n) is 17.5. The molecule has 2 N–H and O–H groups in total. The highest BCUT2D eigenvalue weighted by Gasteiger charge is 2.19. The van der Waals surface area contributed by atoms with E-state index in [9.17, 15) is 17.6 Å². The molecule has 0 unspecified atom stereocenters. The second kappa shape index (κ2) is 8.63. The van der Waals surface area contributed by atoms with E-state index in [1.54, 1.807) is 23.7 Å². The maximum absolute atomic E-state index is 13.2. The smallest absolute Gasteiger partial charge is 0.267 e. The first-order valence-corrected chi connectivity index (χ1v) is 13.1. The number of sulfonamides is 1. The van der Waals surface area contributed by atoms with Crippen molar-refractivity contribution in [2.45, 2.75) is 11.8 Å². The topological polar surface area (TPSA) is 105 Å². The van der Waals surface area contributed by atoms with Crippen LogP contribution in [0.25, 0.3) is 16.2 Å². The molecule has 2 aromatic carbocycles. The summed E-state index contributed by atoms with van der Waals surface area (Å²) in [6.07, 6.45) is 3.31. The first-order valence-electron chi connectivity index (χ1n) is 9.88. The Labute approximate surface area is 201 Å². The van der Waals surface area contributed by atoms with E-state index in [1.807, 2.05) is 11.3 Å².